The molecular formula is C24H30N6S. The van der Waals surface area contributed by atoms with Gasteiger partial charge in [0, 0.05) is 24.5 Å². The zero-order chi connectivity index (χ0) is 22.4. The third kappa shape index (κ3) is 4.92. The summed E-state index contributed by atoms with van der Waals surface area (Å²) in [5.74, 6) is 0.736. The van der Waals surface area contributed by atoms with Gasteiger partial charge in [0.2, 0.25) is 4.77 Å². The molecule has 3 aromatic rings. The summed E-state index contributed by atoms with van der Waals surface area (Å²) in [7, 11) is 0. The Labute approximate surface area is 189 Å². The van der Waals surface area contributed by atoms with Crippen LogP contribution in [0.2, 0.25) is 0 Å². The monoisotopic (exact) mass is 434 g/mol. The van der Waals surface area contributed by atoms with E-state index in [0.717, 1.165) is 36.5 Å². The zero-order valence-corrected chi connectivity index (χ0v) is 19.6. The lowest BCUT2D eigenvalue weighted by Crippen LogP contribution is -2.31. The number of hydrogen-bond donors (Lipinski definition) is 0. The van der Waals surface area contributed by atoms with Gasteiger partial charge in [0.15, 0.2) is 5.82 Å². The molecule has 0 fully saturated rings. The quantitative estimate of drug-likeness (QED) is 0.442. The Hall–Kier alpha value is -2.82. The summed E-state index contributed by atoms with van der Waals surface area (Å²) < 4.78 is 4.63. The minimum atomic E-state index is -0.0542. The first-order valence-corrected chi connectivity index (χ1v) is 11.3. The summed E-state index contributed by atoms with van der Waals surface area (Å²) in [6.07, 6.45) is 5.40. The molecule has 2 heterocycles. The minimum Gasteiger partial charge on any atom is -0.283 e. The maximum Gasteiger partial charge on any atom is 0.204 e. The first-order valence-electron chi connectivity index (χ1n) is 10.9. The average molecular weight is 435 g/mol. The van der Waals surface area contributed by atoms with Crippen molar-refractivity contribution in [3.05, 3.63) is 58.6 Å². The molecule has 31 heavy (non-hydrogen) atoms. The molecule has 0 N–H and O–H groups in total. The Bertz CT molecular complexity index is 1090. The summed E-state index contributed by atoms with van der Waals surface area (Å²) in [5.41, 5.74) is 4.53. The van der Waals surface area contributed by atoms with Gasteiger partial charge in [-0.2, -0.15) is 5.26 Å². The molecule has 0 aliphatic carbocycles. The lowest BCUT2D eigenvalue weighted by atomic mass is 10.0. The van der Waals surface area contributed by atoms with Crippen molar-refractivity contribution in [1.82, 2.24) is 24.2 Å². The molecular weight excluding hydrogens is 404 g/mol. The fourth-order valence-electron chi connectivity index (χ4n) is 3.79. The molecule has 0 spiro atoms. The Balaban J connectivity index is 2.20. The highest BCUT2D eigenvalue weighted by molar-refractivity contribution is 7.71. The molecule has 2 aromatic heterocycles. The van der Waals surface area contributed by atoms with E-state index in [1.54, 1.807) is 6.20 Å². The van der Waals surface area contributed by atoms with E-state index in [1.807, 2.05) is 29.9 Å². The highest BCUT2D eigenvalue weighted by atomic mass is 32.1. The molecule has 0 radical (unpaired) electrons. The van der Waals surface area contributed by atoms with Crippen molar-refractivity contribution in [3.8, 4) is 23.1 Å². The van der Waals surface area contributed by atoms with Crippen LogP contribution < -0.4 is 0 Å². The molecule has 3 rings (SSSR count). The lowest BCUT2D eigenvalue weighted by molar-refractivity contribution is 0.202. The van der Waals surface area contributed by atoms with E-state index >= 15 is 0 Å². The Kier molecular flexibility index (Phi) is 7.72. The molecule has 0 aliphatic rings. The number of nitriles is 1. The SMILES string of the molecule is CCc1cccc(CC)c1-n1c(-c2cccnc2)nn(CN(CC)CC(C)C#N)c1=S. The van der Waals surface area contributed by atoms with Crippen LogP contribution in [0.15, 0.2) is 42.7 Å². The van der Waals surface area contributed by atoms with E-state index in [0.29, 0.717) is 18.0 Å². The topological polar surface area (TPSA) is 62.7 Å². The summed E-state index contributed by atoms with van der Waals surface area (Å²) in [6.45, 7) is 10.4. The summed E-state index contributed by atoms with van der Waals surface area (Å²) in [6, 6.07) is 12.7. The predicted octanol–water partition coefficient (Wildman–Crippen LogP) is 5.03. The largest absolute Gasteiger partial charge is 0.283 e. The van der Waals surface area contributed by atoms with Crippen molar-refractivity contribution in [1.29, 1.82) is 5.26 Å². The van der Waals surface area contributed by atoms with Crippen molar-refractivity contribution >= 4 is 12.2 Å². The van der Waals surface area contributed by atoms with Crippen LogP contribution >= 0.6 is 12.2 Å². The molecule has 0 bridgehead atoms. The first kappa shape index (κ1) is 22.9. The van der Waals surface area contributed by atoms with Gasteiger partial charge in [0.05, 0.1) is 24.3 Å². The molecule has 1 unspecified atom stereocenters. The van der Waals surface area contributed by atoms with E-state index in [9.17, 15) is 5.26 Å². The van der Waals surface area contributed by atoms with Crippen LogP contribution in [0.5, 0.6) is 0 Å². The third-order valence-corrected chi connectivity index (χ3v) is 5.87. The first-order chi connectivity index (χ1) is 15.0. The number of pyridine rings is 1. The van der Waals surface area contributed by atoms with E-state index in [-0.39, 0.29) is 5.92 Å². The Morgan fingerprint density at radius 1 is 1.13 bits per heavy atom. The number of rotatable bonds is 9. The molecule has 1 atom stereocenters. The summed E-state index contributed by atoms with van der Waals surface area (Å²) in [4.78, 5) is 6.50. The average Bonchev–Trinajstić information content (AvgIpc) is 3.13. The van der Waals surface area contributed by atoms with Gasteiger partial charge in [-0.15, -0.1) is 5.10 Å². The van der Waals surface area contributed by atoms with Crippen molar-refractivity contribution in [2.45, 2.75) is 47.2 Å². The highest BCUT2D eigenvalue weighted by Gasteiger charge is 2.20. The van der Waals surface area contributed by atoms with Gasteiger partial charge in [-0.3, -0.25) is 14.5 Å². The number of nitrogens with zero attached hydrogens (tertiary/aromatic N) is 6. The van der Waals surface area contributed by atoms with E-state index in [2.05, 4.69) is 59.5 Å². The van der Waals surface area contributed by atoms with Crippen LogP contribution in [0, 0.1) is 22.0 Å². The van der Waals surface area contributed by atoms with Crippen LogP contribution in [-0.2, 0) is 19.5 Å². The van der Waals surface area contributed by atoms with Crippen molar-refractivity contribution in [3.63, 3.8) is 0 Å². The maximum absolute atomic E-state index is 9.23. The molecule has 6 nitrogen and oxygen atoms in total. The Morgan fingerprint density at radius 3 is 2.39 bits per heavy atom. The van der Waals surface area contributed by atoms with Gasteiger partial charge in [-0.25, -0.2) is 4.68 Å². The lowest BCUT2D eigenvalue weighted by Gasteiger charge is -2.21. The van der Waals surface area contributed by atoms with E-state index in [1.165, 1.54) is 11.1 Å². The van der Waals surface area contributed by atoms with Crippen LogP contribution in [0.1, 0.15) is 38.8 Å². The number of aromatic nitrogens is 4. The van der Waals surface area contributed by atoms with Gasteiger partial charge < -0.3 is 0 Å². The Morgan fingerprint density at radius 2 is 1.84 bits per heavy atom. The fourth-order valence-corrected chi connectivity index (χ4v) is 4.07. The van der Waals surface area contributed by atoms with Crippen LogP contribution in [0.25, 0.3) is 17.1 Å². The third-order valence-electron chi connectivity index (χ3n) is 5.48. The molecule has 162 valence electrons. The smallest absolute Gasteiger partial charge is 0.204 e. The fraction of sp³-hybridized carbons (Fsp3) is 0.417. The molecule has 7 heteroatoms. The highest BCUT2D eigenvalue weighted by Crippen LogP contribution is 2.28. The summed E-state index contributed by atoms with van der Waals surface area (Å²) in [5, 5.41) is 14.2. The standard InChI is InChI=1S/C24H30N6S/c1-5-19-10-8-11-20(6-2)22(19)30-23(21-12-9-13-26-15-21)27-29(24(30)31)17-28(7-3)16-18(4)14-25/h8-13,15,18H,5-7,16-17H2,1-4H3. The molecule has 0 aliphatic heterocycles. The number of hydrogen-bond acceptors (Lipinski definition) is 5. The second-order valence-corrected chi connectivity index (χ2v) is 8.02. The van der Waals surface area contributed by atoms with Gasteiger partial charge in [-0.05, 0) is 61.8 Å². The normalized spacial score (nSPS) is 12.1. The number of aryl methyl sites for hydroxylation is 2. The molecule has 1 aromatic carbocycles. The number of para-hydroxylation sites is 1. The molecule has 0 saturated heterocycles. The number of benzene rings is 1. The van der Waals surface area contributed by atoms with Crippen molar-refractivity contribution < 1.29 is 0 Å². The van der Waals surface area contributed by atoms with E-state index in [4.69, 9.17) is 17.3 Å². The second kappa shape index (κ2) is 10.5. The van der Waals surface area contributed by atoms with Gasteiger partial charge >= 0.3 is 0 Å². The van der Waals surface area contributed by atoms with Crippen molar-refractivity contribution in [2.75, 3.05) is 13.1 Å². The minimum absolute atomic E-state index is 0.0542. The van der Waals surface area contributed by atoms with Crippen LogP contribution in [0.3, 0.4) is 0 Å². The maximum atomic E-state index is 9.23. The second-order valence-electron chi connectivity index (χ2n) is 7.66. The molecule has 0 saturated carbocycles. The molecule has 0 amide bonds. The summed E-state index contributed by atoms with van der Waals surface area (Å²) >= 11 is 5.97. The van der Waals surface area contributed by atoms with Gasteiger partial charge in [-0.1, -0.05) is 39.0 Å². The zero-order valence-electron chi connectivity index (χ0n) is 18.7. The van der Waals surface area contributed by atoms with E-state index < -0.39 is 0 Å². The predicted molar refractivity (Wildman–Crippen MR) is 126 cm³/mol. The van der Waals surface area contributed by atoms with Gasteiger partial charge in [0.1, 0.15) is 0 Å². The van der Waals surface area contributed by atoms with Crippen LogP contribution in [0.4, 0.5) is 0 Å². The van der Waals surface area contributed by atoms with Gasteiger partial charge in [0.25, 0.3) is 0 Å². The van der Waals surface area contributed by atoms with Crippen molar-refractivity contribution in [2.24, 2.45) is 5.92 Å². The van der Waals surface area contributed by atoms with Crippen LogP contribution in [-0.4, -0.2) is 37.3 Å².